The molecule has 3 aromatic carbocycles. The lowest BCUT2D eigenvalue weighted by atomic mass is 10.3. The van der Waals surface area contributed by atoms with E-state index < -0.39 is 8.15 Å². The maximum atomic E-state index is 6.30. The van der Waals surface area contributed by atoms with Crippen LogP contribution >= 0.6 is 24.1 Å². The summed E-state index contributed by atoms with van der Waals surface area (Å²) in [4.78, 5) is 0. The van der Waals surface area contributed by atoms with Gasteiger partial charge in [0.2, 0.25) is 0 Å². The first-order valence-corrected chi connectivity index (χ1v) is 8.72. The van der Waals surface area contributed by atoms with Crippen molar-refractivity contribution in [1.29, 1.82) is 0 Å². The van der Waals surface area contributed by atoms with Gasteiger partial charge in [0.05, 0.1) is 0 Å². The molecule has 1 nitrogen and oxygen atoms in total. The van der Waals surface area contributed by atoms with E-state index in [2.05, 4.69) is 64.5 Å². The molecule has 0 aliphatic rings. The van der Waals surface area contributed by atoms with Crippen LogP contribution in [0.5, 0.6) is 5.75 Å². The van der Waals surface area contributed by atoms with Gasteiger partial charge in [0, 0.05) is 15.1 Å². The van der Waals surface area contributed by atoms with Crippen molar-refractivity contribution in [2.75, 3.05) is 0 Å². The Kier molecular flexibility index (Phi) is 4.69. The molecule has 0 saturated heterocycles. The Morgan fingerprint density at radius 1 is 0.667 bits per heavy atom. The molecule has 0 saturated carbocycles. The van der Waals surface area contributed by atoms with Gasteiger partial charge in [-0.15, -0.1) is 0 Å². The van der Waals surface area contributed by atoms with Crippen LogP contribution in [0, 0.1) is 0 Å². The van der Waals surface area contributed by atoms with Gasteiger partial charge in [0.1, 0.15) is 5.75 Å². The lowest BCUT2D eigenvalue weighted by Gasteiger charge is -2.19. The summed E-state index contributed by atoms with van der Waals surface area (Å²) >= 11 is 3.49. The smallest absolute Gasteiger partial charge is 0.150 e. The zero-order chi connectivity index (χ0) is 14.5. The highest BCUT2D eigenvalue weighted by atomic mass is 79.9. The summed E-state index contributed by atoms with van der Waals surface area (Å²) < 4.78 is 7.33. The zero-order valence-electron chi connectivity index (χ0n) is 11.3. The van der Waals surface area contributed by atoms with E-state index in [0.29, 0.717) is 0 Å². The molecule has 0 heterocycles. The van der Waals surface area contributed by atoms with Crippen LogP contribution in [0.25, 0.3) is 0 Å². The Morgan fingerprint density at radius 3 is 1.76 bits per heavy atom. The molecular weight excluding hydrogens is 343 g/mol. The Bertz CT molecular complexity index is 661. The fourth-order valence-electron chi connectivity index (χ4n) is 2.01. The zero-order valence-corrected chi connectivity index (χ0v) is 13.8. The van der Waals surface area contributed by atoms with Crippen molar-refractivity contribution >= 4 is 34.7 Å². The van der Waals surface area contributed by atoms with Gasteiger partial charge in [-0.05, 0) is 18.2 Å². The molecule has 0 bridgehead atoms. The predicted octanol–water partition coefficient (Wildman–Crippen LogP) is 4.88. The molecule has 0 aromatic heterocycles. The van der Waals surface area contributed by atoms with Crippen molar-refractivity contribution in [3.63, 3.8) is 0 Å². The van der Waals surface area contributed by atoms with Gasteiger partial charge < -0.3 is 4.52 Å². The first-order valence-electron chi connectivity index (χ1n) is 6.67. The van der Waals surface area contributed by atoms with E-state index in [1.54, 1.807) is 0 Å². The van der Waals surface area contributed by atoms with Crippen LogP contribution < -0.4 is 15.1 Å². The molecule has 0 aliphatic heterocycles. The van der Waals surface area contributed by atoms with Crippen molar-refractivity contribution in [1.82, 2.24) is 0 Å². The van der Waals surface area contributed by atoms with E-state index in [4.69, 9.17) is 4.52 Å². The topological polar surface area (TPSA) is 9.23 Å². The number of hydrogen-bond acceptors (Lipinski definition) is 1. The largest absolute Gasteiger partial charge is 0.464 e. The van der Waals surface area contributed by atoms with Crippen molar-refractivity contribution in [2.45, 2.75) is 0 Å². The molecule has 0 aliphatic carbocycles. The summed E-state index contributed by atoms with van der Waals surface area (Å²) in [7, 11) is -0.860. The first kappa shape index (κ1) is 14.3. The van der Waals surface area contributed by atoms with Gasteiger partial charge in [0.25, 0.3) is 0 Å². The van der Waals surface area contributed by atoms with E-state index in [1.165, 1.54) is 10.6 Å². The molecule has 21 heavy (non-hydrogen) atoms. The van der Waals surface area contributed by atoms with Crippen LogP contribution in [-0.4, -0.2) is 0 Å². The van der Waals surface area contributed by atoms with Gasteiger partial charge in [-0.1, -0.05) is 82.7 Å². The van der Waals surface area contributed by atoms with E-state index in [0.717, 1.165) is 10.2 Å². The van der Waals surface area contributed by atoms with Crippen molar-refractivity contribution in [3.8, 4) is 5.75 Å². The van der Waals surface area contributed by atoms with Gasteiger partial charge in [0.15, 0.2) is 8.15 Å². The molecule has 0 N–H and O–H groups in total. The molecule has 3 rings (SSSR count). The maximum absolute atomic E-state index is 6.30. The van der Waals surface area contributed by atoms with Crippen LogP contribution in [0.15, 0.2) is 89.4 Å². The van der Waals surface area contributed by atoms with Crippen molar-refractivity contribution < 1.29 is 4.52 Å². The van der Waals surface area contributed by atoms with Gasteiger partial charge >= 0.3 is 0 Å². The van der Waals surface area contributed by atoms with E-state index >= 15 is 0 Å². The SMILES string of the molecule is Brc1cccc(OP(c2ccccc2)c2ccccc2)c1. The molecule has 0 unspecified atom stereocenters. The van der Waals surface area contributed by atoms with Crippen LogP contribution in [0.1, 0.15) is 0 Å². The minimum Gasteiger partial charge on any atom is -0.464 e. The third kappa shape index (κ3) is 3.72. The predicted molar refractivity (Wildman–Crippen MR) is 93.8 cm³/mol. The number of rotatable bonds is 4. The molecule has 3 aromatic rings. The highest BCUT2D eigenvalue weighted by molar-refractivity contribution is 9.10. The lowest BCUT2D eigenvalue weighted by Crippen LogP contribution is -2.15. The van der Waals surface area contributed by atoms with E-state index in [1.807, 2.05) is 36.4 Å². The number of benzene rings is 3. The Balaban J connectivity index is 1.97. The highest BCUT2D eigenvalue weighted by Gasteiger charge is 2.16. The average Bonchev–Trinajstić information content (AvgIpc) is 2.54. The van der Waals surface area contributed by atoms with Gasteiger partial charge in [-0.2, -0.15) is 0 Å². The van der Waals surface area contributed by atoms with Gasteiger partial charge in [-0.3, -0.25) is 0 Å². The lowest BCUT2D eigenvalue weighted by molar-refractivity contribution is 0.629. The fraction of sp³-hybridized carbons (Fsp3) is 0. The monoisotopic (exact) mass is 356 g/mol. The number of hydrogen-bond donors (Lipinski definition) is 0. The summed E-state index contributed by atoms with van der Waals surface area (Å²) in [5.41, 5.74) is 0. The molecule has 104 valence electrons. The second kappa shape index (κ2) is 6.89. The average molecular weight is 357 g/mol. The van der Waals surface area contributed by atoms with Crippen molar-refractivity contribution in [3.05, 3.63) is 89.4 Å². The van der Waals surface area contributed by atoms with Crippen LogP contribution in [0.2, 0.25) is 0 Å². The summed E-state index contributed by atoms with van der Waals surface area (Å²) in [6.07, 6.45) is 0. The summed E-state index contributed by atoms with van der Waals surface area (Å²) in [6, 6.07) is 28.7. The quantitative estimate of drug-likeness (QED) is 0.605. The summed E-state index contributed by atoms with van der Waals surface area (Å²) in [5, 5.41) is 2.41. The minimum absolute atomic E-state index is 0.860. The molecule has 0 amide bonds. The second-order valence-corrected chi connectivity index (χ2v) is 7.23. The van der Waals surface area contributed by atoms with E-state index in [9.17, 15) is 0 Å². The molecule has 0 radical (unpaired) electrons. The second-order valence-electron chi connectivity index (χ2n) is 4.51. The standard InChI is InChI=1S/C18H14BrOP/c19-15-8-7-9-16(14-15)20-21(17-10-3-1-4-11-17)18-12-5-2-6-13-18/h1-14H. The van der Waals surface area contributed by atoms with Gasteiger partial charge in [-0.25, -0.2) is 0 Å². The summed E-state index contributed by atoms with van der Waals surface area (Å²) in [6.45, 7) is 0. The molecule has 0 spiro atoms. The third-order valence-corrected chi connectivity index (χ3v) is 5.40. The molecule has 0 atom stereocenters. The van der Waals surface area contributed by atoms with E-state index in [-0.39, 0.29) is 0 Å². The molecule has 3 heteroatoms. The fourth-order valence-corrected chi connectivity index (χ4v) is 4.11. The highest BCUT2D eigenvalue weighted by Crippen LogP contribution is 2.37. The van der Waals surface area contributed by atoms with Crippen molar-refractivity contribution in [2.24, 2.45) is 0 Å². The normalized spacial score (nSPS) is 10.6. The van der Waals surface area contributed by atoms with Crippen LogP contribution in [-0.2, 0) is 0 Å². The molecular formula is C18H14BrOP. The molecule has 0 fully saturated rings. The Hall–Kier alpha value is -1.63. The summed E-state index contributed by atoms with van der Waals surface area (Å²) in [5.74, 6) is 0.878. The Morgan fingerprint density at radius 2 is 1.24 bits per heavy atom. The number of halogens is 1. The maximum Gasteiger partial charge on any atom is 0.150 e. The third-order valence-electron chi connectivity index (χ3n) is 2.97. The van der Waals surface area contributed by atoms with Crippen LogP contribution in [0.3, 0.4) is 0 Å². The minimum atomic E-state index is -0.860. The van der Waals surface area contributed by atoms with Crippen LogP contribution in [0.4, 0.5) is 0 Å². The Labute approximate surface area is 134 Å². The first-order chi connectivity index (χ1) is 10.3.